The van der Waals surface area contributed by atoms with E-state index in [0.29, 0.717) is 24.3 Å². The summed E-state index contributed by atoms with van der Waals surface area (Å²) in [7, 11) is 0. The molecule has 2 aliphatic rings. The first-order valence-corrected chi connectivity index (χ1v) is 10.5. The van der Waals surface area contributed by atoms with Crippen molar-refractivity contribution in [3.05, 3.63) is 41.7 Å². The van der Waals surface area contributed by atoms with Gasteiger partial charge < -0.3 is 14.5 Å². The van der Waals surface area contributed by atoms with E-state index in [1.165, 1.54) is 4.80 Å². The molecule has 2 aromatic rings. The summed E-state index contributed by atoms with van der Waals surface area (Å²) in [6.45, 7) is 8.67. The zero-order valence-electron chi connectivity index (χ0n) is 18.0. The molecule has 3 heterocycles. The van der Waals surface area contributed by atoms with Crippen LogP contribution >= 0.6 is 0 Å². The average Bonchev–Trinajstić information content (AvgIpc) is 3.27. The number of amides is 2. The lowest BCUT2D eigenvalue weighted by molar-refractivity contribution is 0.0229. The predicted molar refractivity (Wildman–Crippen MR) is 111 cm³/mol. The second kappa shape index (κ2) is 7.74. The highest BCUT2D eigenvalue weighted by molar-refractivity contribution is 5.98. The van der Waals surface area contributed by atoms with Crippen molar-refractivity contribution >= 4 is 12.0 Å². The minimum Gasteiger partial charge on any atom is -0.444 e. The quantitative estimate of drug-likeness (QED) is 0.758. The van der Waals surface area contributed by atoms with Gasteiger partial charge in [-0.1, -0.05) is 11.6 Å². The number of rotatable bonds is 2. The number of hydrogen-bond donors (Lipinski definition) is 0. The summed E-state index contributed by atoms with van der Waals surface area (Å²) in [5.74, 6) is -0.0236. The van der Waals surface area contributed by atoms with Crippen LogP contribution in [0.4, 0.5) is 4.79 Å². The molecule has 0 aliphatic carbocycles. The Morgan fingerprint density at radius 2 is 1.77 bits per heavy atom. The van der Waals surface area contributed by atoms with Crippen LogP contribution in [0.15, 0.2) is 30.6 Å². The third-order valence-electron chi connectivity index (χ3n) is 5.69. The van der Waals surface area contributed by atoms with Crippen molar-refractivity contribution in [2.75, 3.05) is 13.1 Å². The average molecular weight is 412 g/mol. The van der Waals surface area contributed by atoms with Crippen molar-refractivity contribution in [2.45, 2.75) is 64.6 Å². The Kier molecular flexibility index (Phi) is 5.26. The molecule has 2 fully saturated rings. The van der Waals surface area contributed by atoms with E-state index in [9.17, 15) is 9.59 Å². The Balaban J connectivity index is 1.60. The summed E-state index contributed by atoms with van der Waals surface area (Å²) < 4.78 is 5.57. The number of aryl methyl sites for hydroxylation is 1. The van der Waals surface area contributed by atoms with E-state index in [-0.39, 0.29) is 24.1 Å². The highest BCUT2D eigenvalue weighted by Crippen LogP contribution is 2.33. The van der Waals surface area contributed by atoms with E-state index in [0.717, 1.165) is 24.8 Å². The number of ether oxygens (including phenoxy) is 1. The number of nitrogens with zero attached hydrogens (tertiary/aromatic N) is 5. The Morgan fingerprint density at radius 3 is 2.47 bits per heavy atom. The molecular weight excluding hydrogens is 382 g/mol. The van der Waals surface area contributed by atoms with Gasteiger partial charge in [-0.05, 0) is 59.1 Å². The Labute approximate surface area is 176 Å². The van der Waals surface area contributed by atoms with Gasteiger partial charge in [0.15, 0.2) is 0 Å². The number of carbonyl (C=O) groups is 2. The molecule has 4 rings (SSSR count). The largest absolute Gasteiger partial charge is 0.444 e. The van der Waals surface area contributed by atoms with Crippen molar-refractivity contribution in [1.29, 1.82) is 0 Å². The first-order valence-electron chi connectivity index (χ1n) is 10.5. The topological polar surface area (TPSA) is 80.6 Å². The number of carbonyl (C=O) groups excluding carboxylic acids is 2. The summed E-state index contributed by atoms with van der Waals surface area (Å²) in [6, 6.07) is 5.84. The van der Waals surface area contributed by atoms with Gasteiger partial charge in [0, 0.05) is 19.1 Å². The van der Waals surface area contributed by atoms with Crippen LogP contribution in [0.1, 0.15) is 56.0 Å². The number of benzene rings is 1. The van der Waals surface area contributed by atoms with Crippen LogP contribution in [-0.2, 0) is 4.74 Å². The smallest absolute Gasteiger partial charge is 0.410 e. The van der Waals surface area contributed by atoms with Crippen LogP contribution in [0.2, 0.25) is 0 Å². The summed E-state index contributed by atoms with van der Waals surface area (Å²) in [4.78, 5) is 31.5. The van der Waals surface area contributed by atoms with E-state index in [4.69, 9.17) is 4.74 Å². The van der Waals surface area contributed by atoms with Crippen LogP contribution in [0.5, 0.6) is 0 Å². The molecule has 0 N–H and O–H groups in total. The second-order valence-electron chi connectivity index (χ2n) is 9.15. The normalized spacial score (nSPS) is 21.5. The van der Waals surface area contributed by atoms with Crippen molar-refractivity contribution in [3.63, 3.8) is 0 Å². The first-order chi connectivity index (χ1) is 14.2. The molecule has 2 bridgehead atoms. The van der Waals surface area contributed by atoms with E-state index in [1.807, 2.05) is 50.8 Å². The minimum absolute atomic E-state index is 0.0172. The fraction of sp³-hybridized carbons (Fsp3) is 0.545. The molecule has 2 saturated heterocycles. The summed E-state index contributed by atoms with van der Waals surface area (Å²) >= 11 is 0. The van der Waals surface area contributed by atoms with Gasteiger partial charge >= 0.3 is 6.09 Å². The first kappa shape index (κ1) is 20.4. The van der Waals surface area contributed by atoms with E-state index >= 15 is 0 Å². The van der Waals surface area contributed by atoms with Gasteiger partial charge in [-0.2, -0.15) is 15.0 Å². The molecule has 2 aliphatic heterocycles. The number of hydrogen-bond acceptors (Lipinski definition) is 5. The zero-order chi connectivity index (χ0) is 21.5. The van der Waals surface area contributed by atoms with Gasteiger partial charge in [-0.3, -0.25) is 4.79 Å². The standard InChI is InChI=1S/C22H29N5O3/c1-15-5-8-19(27-23-10-11-24-27)18(13-15)20(28)26-16-6-7-17(26)14-25(12-9-16)21(29)30-22(2,3)4/h5,8,10-11,13,16-17H,6-7,9,12,14H2,1-4H3. The maximum atomic E-state index is 13.7. The van der Waals surface area contributed by atoms with Crippen molar-refractivity contribution < 1.29 is 14.3 Å². The van der Waals surface area contributed by atoms with E-state index < -0.39 is 5.60 Å². The summed E-state index contributed by atoms with van der Waals surface area (Å²) in [5, 5.41) is 8.42. The molecule has 2 amide bonds. The zero-order valence-corrected chi connectivity index (χ0v) is 18.0. The predicted octanol–water partition coefficient (Wildman–Crippen LogP) is 3.19. The van der Waals surface area contributed by atoms with Gasteiger partial charge in [0.2, 0.25) is 0 Å². The minimum atomic E-state index is -0.537. The van der Waals surface area contributed by atoms with Gasteiger partial charge in [0.05, 0.1) is 29.7 Å². The van der Waals surface area contributed by atoms with Gasteiger partial charge in [-0.25, -0.2) is 4.79 Å². The molecule has 30 heavy (non-hydrogen) atoms. The van der Waals surface area contributed by atoms with Gasteiger partial charge in [0.25, 0.3) is 5.91 Å². The van der Waals surface area contributed by atoms with Gasteiger partial charge in [0.1, 0.15) is 5.60 Å². The SMILES string of the molecule is Cc1ccc(-n2nccn2)c(C(=O)N2C3CCC2CN(C(=O)OC(C)(C)C)CC3)c1. The monoisotopic (exact) mass is 411 g/mol. The lowest BCUT2D eigenvalue weighted by Crippen LogP contribution is -2.45. The fourth-order valence-electron chi connectivity index (χ4n) is 4.37. The fourth-order valence-corrected chi connectivity index (χ4v) is 4.37. The maximum Gasteiger partial charge on any atom is 0.410 e. The number of fused-ring (bicyclic) bond motifs is 2. The Bertz CT molecular complexity index is 935. The van der Waals surface area contributed by atoms with E-state index in [2.05, 4.69) is 10.2 Å². The van der Waals surface area contributed by atoms with Crippen LogP contribution in [0.25, 0.3) is 5.69 Å². The van der Waals surface area contributed by atoms with Crippen LogP contribution in [-0.4, -0.2) is 67.6 Å². The molecule has 0 saturated carbocycles. The Hall–Kier alpha value is -2.90. The van der Waals surface area contributed by atoms with Crippen molar-refractivity contribution in [1.82, 2.24) is 24.8 Å². The number of likely N-dealkylation sites (tertiary alicyclic amines) is 1. The third-order valence-corrected chi connectivity index (χ3v) is 5.69. The summed E-state index contributed by atoms with van der Waals surface area (Å²) in [5.41, 5.74) is 1.73. The van der Waals surface area contributed by atoms with Crippen LogP contribution < -0.4 is 0 Å². The molecule has 1 aromatic heterocycles. The van der Waals surface area contributed by atoms with E-state index in [1.54, 1.807) is 17.3 Å². The lowest BCUT2D eigenvalue weighted by Gasteiger charge is -2.30. The lowest BCUT2D eigenvalue weighted by atomic mass is 10.1. The molecule has 2 atom stereocenters. The van der Waals surface area contributed by atoms with Crippen molar-refractivity contribution in [3.8, 4) is 5.69 Å². The molecule has 2 unspecified atom stereocenters. The van der Waals surface area contributed by atoms with Crippen LogP contribution in [0, 0.1) is 6.92 Å². The maximum absolute atomic E-state index is 13.7. The second-order valence-corrected chi connectivity index (χ2v) is 9.15. The third kappa shape index (κ3) is 4.04. The highest BCUT2D eigenvalue weighted by atomic mass is 16.6. The summed E-state index contributed by atoms with van der Waals surface area (Å²) in [6.07, 6.45) is 5.49. The Morgan fingerprint density at radius 1 is 1.07 bits per heavy atom. The van der Waals surface area contributed by atoms with Crippen molar-refractivity contribution in [2.24, 2.45) is 0 Å². The highest BCUT2D eigenvalue weighted by Gasteiger charge is 2.42. The molecule has 1 aromatic carbocycles. The number of aromatic nitrogens is 3. The molecular formula is C22H29N5O3. The molecule has 0 spiro atoms. The molecule has 0 radical (unpaired) electrons. The molecule has 8 nitrogen and oxygen atoms in total. The molecule has 160 valence electrons. The molecule has 8 heteroatoms. The van der Waals surface area contributed by atoms with Gasteiger partial charge in [-0.15, -0.1) is 0 Å². The van der Waals surface area contributed by atoms with Crippen LogP contribution in [0.3, 0.4) is 0 Å².